The molecular weight excluding hydrogens is 338 g/mol. The molecule has 140 valence electrons. The third-order valence-corrected chi connectivity index (χ3v) is 4.82. The fraction of sp³-hybridized carbons (Fsp3) is 0.318. The average Bonchev–Trinajstić information content (AvgIpc) is 2.65. The maximum absolute atomic E-state index is 13.4. The van der Waals surface area contributed by atoms with Crippen molar-refractivity contribution in [1.82, 2.24) is 4.98 Å². The Morgan fingerprint density at radius 1 is 1.22 bits per heavy atom. The predicted molar refractivity (Wildman–Crippen MR) is 109 cm³/mol. The predicted octanol–water partition coefficient (Wildman–Crippen LogP) is 3.86. The van der Waals surface area contributed by atoms with Crippen LogP contribution in [-0.4, -0.2) is 24.9 Å². The van der Waals surface area contributed by atoms with Crippen LogP contribution in [0.15, 0.2) is 34.6 Å². The van der Waals surface area contributed by atoms with Crippen molar-refractivity contribution in [3.63, 3.8) is 0 Å². The second-order valence-electron chi connectivity index (χ2n) is 6.80. The Balaban J connectivity index is 2.73. The number of hydrogen-bond donors (Lipinski definition) is 1. The van der Waals surface area contributed by atoms with Crippen LogP contribution in [0.4, 0.5) is 5.69 Å². The van der Waals surface area contributed by atoms with Crippen LogP contribution in [0.3, 0.4) is 0 Å². The largest absolute Gasteiger partial charge is 0.373 e. The van der Waals surface area contributed by atoms with Crippen molar-refractivity contribution in [2.45, 2.75) is 34.1 Å². The van der Waals surface area contributed by atoms with E-state index in [2.05, 4.69) is 11.1 Å². The van der Waals surface area contributed by atoms with Gasteiger partial charge in [0.2, 0.25) is 0 Å². The summed E-state index contributed by atoms with van der Waals surface area (Å²) in [6, 6.07) is 9.36. The molecule has 27 heavy (non-hydrogen) atoms. The first-order chi connectivity index (χ1) is 12.7. The zero-order valence-electron chi connectivity index (χ0n) is 16.7. The summed E-state index contributed by atoms with van der Waals surface area (Å²) in [5, 5.41) is 9.13. The van der Waals surface area contributed by atoms with Gasteiger partial charge in [0, 0.05) is 30.9 Å². The number of carbonyl (C=O) groups excluding carboxylic acids is 1. The summed E-state index contributed by atoms with van der Waals surface area (Å²) in [7, 11) is 3.52. The standard InChI is InChI=1S/C22H25N3O2/c1-7-18-15(4)24-22(27)20(25(5)6)19(18)21(26)17-10-8-9-16(11-17)14(3)13(2)12-23/h8-11H,7H2,1-6H3,(H,24,27)/b14-13+. The molecule has 1 N–H and O–H groups in total. The van der Waals surface area contributed by atoms with Crippen LogP contribution in [0.5, 0.6) is 0 Å². The highest BCUT2D eigenvalue weighted by molar-refractivity contribution is 6.13. The molecule has 0 saturated carbocycles. The van der Waals surface area contributed by atoms with Crippen LogP contribution >= 0.6 is 0 Å². The lowest BCUT2D eigenvalue weighted by Crippen LogP contribution is -2.27. The number of hydrogen-bond acceptors (Lipinski definition) is 4. The molecule has 5 nitrogen and oxygen atoms in total. The minimum Gasteiger partial charge on any atom is -0.373 e. The second-order valence-corrected chi connectivity index (χ2v) is 6.80. The van der Waals surface area contributed by atoms with E-state index in [9.17, 15) is 9.59 Å². The van der Waals surface area contributed by atoms with E-state index in [1.54, 1.807) is 44.1 Å². The van der Waals surface area contributed by atoms with Crippen LogP contribution in [-0.2, 0) is 6.42 Å². The zero-order chi connectivity index (χ0) is 20.3. The lowest BCUT2D eigenvalue weighted by atomic mass is 9.92. The molecule has 0 bridgehead atoms. The number of allylic oxidation sites excluding steroid dienone is 2. The molecule has 0 unspecified atom stereocenters. The summed E-state index contributed by atoms with van der Waals surface area (Å²) in [5.74, 6) is -0.186. The molecule has 0 spiro atoms. The van der Waals surface area contributed by atoms with Gasteiger partial charge in [0.05, 0.1) is 11.6 Å². The summed E-state index contributed by atoms with van der Waals surface area (Å²) in [4.78, 5) is 30.5. The SMILES string of the molecule is CCc1c(C)[nH]c(=O)c(N(C)C)c1C(=O)c1cccc(/C(C)=C(\C)C#N)c1. The molecule has 1 aromatic carbocycles. The summed E-state index contributed by atoms with van der Waals surface area (Å²) >= 11 is 0. The number of aryl methyl sites for hydroxylation is 1. The molecule has 0 saturated heterocycles. The van der Waals surface area contributed by atoms with Crippen molar-refractivity contribution in [1.29, 1.82) is 5.26 Å². The van der Waals surface area contributed by atoms with Crippen molar-refractivity contribution >= 4 is 17.0 Å². The number of nitrogens with zero attached hydrogens (tertiary/aromatic N) is 2. The molecule has 0 aliphatic rings. The molecule has 2 aromatic rings. The quantitative estimate of drug-likeness (QED) is 0.646. The maximum Gasteiger partial charge on any atom is 0.272 e. The number of nitrogens with one attached hydrogen (secondary N) is 1. The van der Waals surface area contributed by atoms with Gasteiger partial charge in [-0.25, -0.2) is 0 Å². The van der Waals surface area contributed by atoms with Crippen LogP contribution < -0.4 is 10.5 Å². The first-order valence-corrected chi connectivity index (χ1v) is 8.88. The first kappa shape index (κ1) is 20.2. The topological polar surface area (TPSA) is 77.0 Å². The number of H-pyrrole nitrogens is 1. The van der Waals surface area contributed by atoms with Gasteiger partial charge in [-0.15, -0.1) is 0 Å². The smallest absolute Gasteiger partial charge is 0.272 e. The van der Waals surface area contributed by atoms with Crippen molar-refractivity contribution in [3.05, 3.63) is 68.1 Å². The lowest BCUT2D eigenvalue weighted by molar-refractivity contribution is 0.103. The summed E-state index contributed by atoms with van der Waals surface area (Å²) in [5.41, 5.74) is 4.86. The van der Waals surface area contributed by atoms with E-state index in [0.717, 1.165) is 16.7 Å². The number of nitriles is 1. The highest BCUT2D eigenvalue weighted by Gasteiger charge is 2.23. The number of benzene rings is 1. The number of rotatable bonds is 5. The Hall–Kier alpha value is -3.13. The third-order valence-electron chi connectivity index (χ3n) is 4.82. The zero-order valence-corrected chi connectivity index (χ0v) is 16.7. The molecule has 0 aliphatic heterocycles. The lowest BCUT2D eigenvalue weighted by Gasteiger charge is -2.20. The molecule has 0 amide bonds. The van der Waals surface area contributed by atoms with Crippen LogP contribution in [0.1, 0.15) is 53.5 Å². The molecular formula is C22H25N3O2. The summed E-state index contributed by atoms with van der Waals surface area (Å²) in [6.45, 7) is 7.40. The Morgan fingerprint density at radius 2 is 1.85 bits per heavy atom. The Labute approximate surface area is 160 Å². The van der Waals surface area contributed by atoms with Crippen LogP contribution in [0.25, 0.3) is 5.57 Å². The summed E-state index contributed by atoms with van der Waals surface area (Å²) in [6.07, 6.45) is 0.636. The van der Waals surface area contributed by atoms with Gasteiger partial charge in [-0.2, -0.15) is 5.26 Å². The maximum atomic E-state index is 13.4. The van der Waals surface area contributed by atoms with E-state index in [4.69, 9.17) is 5.26 Å². The Kier molecular flexibility index (Phi) is 6.02. The Bertz CT molecular complexity index is 1020. The number of pyridine rings is 1. The molecule has 2 rings (SSSR count). The normalized spacial score (nSPS) is 11.6. The number of ketones is 1. The fourth-order valence-electron chi connectivity index (χ4n) is 3.20. The third kappa shape index (κ3) is 3.85. The van der Waals surface area contributed by atoms with E-state index in [-0.39, 0.29) is 11.3 Å². The van der Waals surface area contributed by atoms with Gasteiger partial charge in [0.1, 0.15) is 5.69 Å². The van der Waals surface area contributed by atoms with E-state index in [0.29, 0.717) is 34.5 Å². The van der Waals surface area contributed by atoms with E-state index in [1.807, 2.05) is 26.8 Å². The van der Waals surface area contributed by atoms with Gasteiger partial charge in [0.25, 0.3) is 5.56 Å². The van der Waals surface area contributed by atoms with Crippen molar-refractivity contribution in [2.75, 3.05) is 19.0 Å². The molecule has 1 heterocycles. The van der Waals surface area contributed by atoms with E-state index in [1.165, 1.54) is 0 Å². The molecule has 0 radical (unpaired) electrons. The van der Waals surface area contributed by atoms with Crippen LogP contribution in [0.2, 0.25) is 0 Å². The minimum absolute atomic E-state index is 0.186. The van der Waals surface area contributed by atoms with Gasteiger partial charge in [-0.3, -0.25) is 9.59 Å². The molecule has 1 aromatic heterocycles. The molecule has 0 aliphatic carbocycles. The Morgan fingerprint density at radius 3 is 2.41 bits per heavy atom. The van der Waals surface area contributed by atoms with Gasteiger partial charge in [-0.05, 0) is 50.0 Å². The van der Waals surface area contributed by atoms with Gasteiger partial charge < -0.3 is 9.88 Å². The van der Waals surface area contributed by atoms with Crippen molar-refractivity contribution in [2.24, 2.45) is 0 Å². The molecule has 0 atom stereocenters. The first-order valence-electron chi connectivity index (χ1n) is 8.88. The van der Waals surface area contributed by atoms with Gasteiger partial charge in [0.15, 0.2) is 5.78 Å². The van der Waals surface area contributed by atoms with E-state index >= 15 is 0 Å². The van der Waals surface area contributed by atoms with E-state index < -0.39 is 0 Å². The number of anilines is 1. The minimum atomic E-state index is -0.273. The second kappa shape index (κ2) is 8.05. The number of aromatic nitrogens is 1. The molecule has 5 heteroatoms. The number of carbonyl (C=O) groups is 1. The fourth-order valence-corrected chi connectivity index (χ4v) is 3.20. The average molecular weight is 363 g/mol. The van der Waals surface area contributed by atoms with Gasteiger partial charge in [-0.1, -0.05) is 25.1 Å². The van der Waals surface area contributed by atoms with Crippen LogP contribution in [0, 0.1) is 18.3 Å². The van der Waals surface area contributed by atoms with Gasteiger partial charge >= 0.3 is 0 Å². The van der Waals surface area contributed by atoms with Crippen molar-refractivity contribution < 1.29 is 4.79 Å². The highest BCUT2D eigenvalue weighted by Crippen LogP contribution is 2.26. The monoisotopic (exact) mass is 363 g/mol. The molecule has 0 fully saturated rings. The number of aromatic amines is 1. The summed E-state index contributed by atoms with van der Waals surface area (Å²) < 4.78 is 0. The highest BCUT2D eigenvalue weighted by atomic mass is 16.1. The van der Waals surface area contributed by atoms with Crippen molar-refractivity contribution in [3.8, 4) is 6.07 Å².